The number of nitro benzene ring substituents is 2. The molecule has 0 fully saturated rings. The number of hydrogen-bond donors (Lipinski definition) is 3. The number of nitrogens with zero attached hydrogens (tertiary/aromatic N) is 4. The van der Waals surface area contributed by atoms with Gasteiger partial charge in [-0.15, -0.1) is 5.10 Å². The Morgan fingerprint density at radius 1 is 1.40 bits per heavy atom. The van der Waals surface area contributed by atoms with Gasteiger partial charge in [-0.1, -0.05) is 11.6 Å². The number of halogens is 1. The standard InChI is InChI=1S/C8H7ClN6O5/c9-5-1-2-6(14(17)18)7(15(19)20)4(5)3-11-12-8(10)13-16/h1-3,16H,(H3,10,12,13)/b11-3+. The number of hydroxylamine groups is 1. The summed E-state index contributed by atoms with van der Waals surface area (Å²) in [4.78, 5) is 19.8. The minimum atomic E-state index is -0.956. The zero-order valence-electron chi connectivity index (χ0n) is 9.56. The first kappa shape index (κ1) is 15.3. The van der Waals surface area contributed by atoms with Crippen molar-refractivity contribution in [2.45, 2.75) is 0 Å². The van der Waals surface area contributed by atoms with E-state index in [-0.39, 0.29) is 10.6 Å². The summed E-state index contributed by atoms with van der Waals surface area (Å²) in [6, 6.07) is 2.02. The van der Waals surface area contributed by atoms with Gasteiger partial charge >= 0.3 is 11.4 Å². The van der Waals surface area contributed by atoms with Crippen LogP contribution in [0.3, 0.4) is 0 Å². The first-order valence-corrected chi connectivity index (χ1v) is 5.14. The predicted octanol–water partition coefficient (Wildman–Crippen LogP) is 0.784. The van der Waals surface area contributed by atoms with Gasteiger partial charge in [0.2, 0.25) is 5.96 Å². The predicted molar refractivity (Wildman–Crippen MR) is 68.9 cm³/mol. The quantitative estimate of drug-likeness (QED) is 0.319. The smallest absolute Gasteiger partial charge is 0.356 e. The van der Waals surface area contributed by atoms with E-state index in [0.29, 0.717) is 0 Å². The minimum Gasteiger partial charge on any atom is -0.367 e. The summed E-state index contributed by atoms with van der Waals surface area (Å²) in [5, 5.41) is 36.4. The summed E-state index contributed by atoms with van der Waals surface area (Å²) >= 11 is 5.74. The van der Waals surface area contributed by atoms with Crippen LogP contribution in [-0.2, 0) is 0 Å². The Balaban J connectivity index is 3.41. The van der Waals surface area contributed by atoms with E-state index in [2.05, 4.69) is 10.2 Å². The molecule has 11 nitrogen and oxygen atoms in total. The molecule has 4 N–H and O–H groups in total. The summed E-state index contributed by atoms with van der Waals surface area (Å²) in [6.07, 6.45) is 0.817. The van der Waals surface area contributed by atoms with Crippen LogP contribution in [-0.4, -0.2) is 27.2 Å². The maximum atomic E-state index is 10.9. The van der Waals surface area contributed by atoms with Crippen LogP contribution in [0, 0.1) is 20.2 Å². The van der Waals surface area contributed by atoms with Gasteiger partial charge in [-0.05, 0) is 6.07 Å². The molecule has 20 heavy (non-hydrogen) atoms. The molecular weight excluding hydrogens is 296 g/mol. The zero-order chi connectivity index (χ0) is 15.3. The van der Waals surface area contributed by atoms with Crippen molar-refractivity contribution in [1.29, 1.82) is 0 Å². The fraction of sp³-hybridized carbons (Fsp3) is 0. The fourth-order valence-corrected chi connectivity index (χ4v) is 1.41. The average Bonchev–Trinajstić information content (AvgIpc) is 2.39. The highest BCUT2D eigenvalue weighted by molar-refractivity contribution is 6.33. The third kappa shape index (κ3) is 3.37. The average molecular weight is 303 g/mol. The van der Waals surface area contributed by atoms with Gasteiger partial charge in [-0.25, -0.2) is 5.48 Å². The molecule has 0 saturated heterocycles. The Kier molecular flexibility index (Phi) is 4.88. The number of nitrogens with two attached hydrogens (primary N) is 1. The van der Waals surface area contributed by atoms with Crippen molar-refractivity contribution in [2.24, 2.45) is 15.9 Å². The molecule has 0 aliphatic heterocycles. The molecule has 1 rings (SSSR count). The van der Waals surface area contributed by atoms with E-state index < -0.39 is 27.2 Å². The van der Waals surface area contributed by atoms with E-state index in [1.165, 1.54) is 5.48 Å². The molecule has 0 aliphatic carbocycles. The van der Waals surface area contributed by atoms with Gasteiger partial charge < -0.3 is 5.73 Å². The Morgan fingerprint density at radius 3 is 2.55 bits per heavy atom. The van der Waals surface area contributed by atoms with Gasteiger partial charge in [0.25, 0.3) is 0 Å². The molecule has 1 aromatic rings. The molecule has 0 amide bonds. The SMILES string of the molecule is NC(=N/N=C/c1c(Cl)ccc([N+](=O)[O-])c1[N+](=O)[O-])NO. The van der Waals surface area contributed by atoms with Crippen molar-refractivity contribution in [3.63, 3.8) is 0 Å². The van der Waals surface area contributed by atoms with Gasteiger partial charge in [-0.3, -0.25) is 25.4 Å². The van der Waals surface area contributed by atoms with Gasteiger partial charge in [-0.2, -0.15) is 5.10 Å². The molecule has 0 heterocycles. The molecule has 0 aromatic heterocycles. The third-order valence-corrected chi connectivity index (χ3v) is 2.32. The van der Waals surface area contributed by atoms with Gasteiger partial charge in [0.15, 0.2) is 0 Å². The number of hydrogen-bond acceptors (Lipinski definition) is 7. The maximum absolute atomic E-state index is 10.9. The lowest BCUT2D eigenvalue weighted by Crippen LogP contribution is -2.27. The van der Waals surface area contributed by atoms with Crippen molar-refractivity contribution in [3.05, 3.63) is 42.9 Å². The van der Waals surface area contributed by atoms with Crippen molar-refractivity contribution in [3.8, 4) is 0 Å². The van der Waals surface area contributed by atoms with Crippen LogP contribution in [0.25, 0.3) is 0 Å². The monoisotopic (exact) mass is 302 g/mol. The first-order valence-electron chi connectivity index (χ1n) is 4.76. The van der Waals surface area contributed by atoms with E-state index in [0.717, 1.165) is 18.3 Å². The number of benzene rings is 1. The lowest BCUT2D eigenvalue weighted by molar-refractivity contribution is -0.422. The van der Waals surface area contributed by atoms with Crippen molar-refractivity contribution < 1.29 is 15.1 Å². The highest BCUT2D eigenvalue weighted by atomic mass is 35.5. The van der Waals surface area contributed by atoms with E-state index >= 15 is 0 Å². The third-order valence-electron chi connectivity index (χ3n) is 1.99. The van der Waals surface area contributed by atoms with Crippen LogP contribution in [0.1, 0.15) is 5.56 Å². The summed E-state index contributed by atoms with van der Waals surface area (Å²) in [6.45, 7) is 0. The maximum Gasteiger partial charge on any atom is 0.356 e. The van der Waals surface area contributed by atoms with E-state index in [9.17, 15) is 20.2 Å². The number of nitro groups is 2. The second-order valence-electron chi connectivity index (χ2n) is 3.18. The molecule has 0 spiro atoms. The molecule has 0 unspecified atom stereocenters. The summed E-state index contributed by atoms with van der Waals surface area (Å²) in [5.41, 5.74) is 4.66. The topological polar surface area (TPSA) is 169 Å². The van der Waals surface area contributed by atoms with Gasteiger partial charge in [0.1, 0.15) is 0 Å². The van der Waals surface area contributed by atoms with Crippen molar-refractivity contribution in [2.75, 3.05) is 0 Å². The summed E-state index contributed by atoms with van der Waals surface area (Å²) < 4.78 is 0. The number of guanidine groups is 1. The lowest BCUT2D eigenvalue weighted by Gasteiger charge is -2.00. The van der Waals surface area contributed by atoms with Crippen molar-refractivity contribution >= 4 is 35.1 Å². The van der Waals surface area contributed by atoms with Crippen LogP contribution in [0.4, 0.5) is 11.4 Å². The van der Waals surface area contributed by atoms with Crippen LogP contribution in [0.15, 0.2) is 22.3 Å². The molecule has 1 aromatic carbocycles. The fourth-order valence-electron chi connectivity index (χ4n) is 1.21. The Labute approximate surface area is 115 Å². The normalized spacial score (nSPS) is 11.6. The molecule has 106 valence electrons. The van der Waals surface area contributed by atoms with Crippen LogP contribution < -0.4 is 11.2 Å². The molecule has 12 heteroatoms. The molecule has 0 aliphatic rings. The van der Waals surface area contributed by atoms with E-state index in [1.54, 1.807) is 0 Å². The molecule has 0 bridgehead atoms. The molecule has 0 atom stereocenters. The molecule has 0 radical (unpaired) electrons. The Morgan fingerprint density at radius 2 is 2.05 bits per heavy atom. The van der Waals surface area contributed by atoms with Crippen molar-refractivity contribution in [1.82, 2.24) is 5.48 Å². The summed E-state index contributed by atoms with van der Waals surface area (Å²) in [5.74, 6) is -0.481. The number of rotatable bonds is 4. The van der Waals surface area contributed by atoms with E-state index in [4.69, 9.17) is 22.5 Å². The van der Waals surface area contributed by atoms with Crippen LogP contribution in [0.2, 0.25) is 5.02 Å². The highest BCUT2D eigenvalue weighted by Gasteiger charge is 2.29. The van der Waals surface area contributed by atoms with Crippen LogP contribution >= 0.6 is 11.6 Å². The first-order chi connectivity index (χ1) is 9.38. The van der Waals surface area contributed by atoms with E-state index in [1.807, 2.05) is 0 Å². The minimum absolute atomic E-state index is 0.128. The largest absolute Gasteiger partial charge is 0.367 e. The second kappa shape index (κ2) is 6.40. The van der Waals surface area contributed by atoms with Crippen LogP contribution in [0.5, 0.6) is 0 Å². The molecule has 0 saturated carbocycles. The molecular formula is C8H7ClN6O5. The Hall–Kier alpha value is -2.79. The highest BCUT2D eigenvalue weighted by Crippen LogP contribution is 2.34. The lowest BCUT2D eigenvalue weighted by atomic mass is 10.1. The second-order valence-corrected chi connectivity index (χ2v) is 3.59. The van der Waals surface area contributed by atoms with Gasteiger partial charge in [0.05, 0.1) is 26.6 Å². The number of nitrogens with one attached hydrogen (secondary N) is 1. The van der Waals surface area contributed by atoms with Gasteiger partial charge in [0, 0.05) is 6.07 Å². The Bertz CT molecular complexity index is 616. The zero-order valence-corrected chi connectivity index (χ0v) is 10.3. The summed E-state index contributed by atoms with van der Waals surface area (Å²) in [7, 11) is 0.